The number of carbonyl (C=O) groups excluding carboxylic acids is 1. The highest BCUT2D eigenvalue weighted by Gasteiger charge is 2.44. The topological polar surface area (TPSA) is 107 Å². The molecule has 8 nitrogen and oxygen atoms in total. The lowest BCUT2D eigenvalue weighted by molar-refractivity contribution is -0.134. The molecular formula is C22H24N6O2. The molecule has 1 amide bonds. The number of piperidine rings is 1. The summed E-state index contributed by atoms with van der Waals surface area (Å²) in [5.41, 5.74) is 8.30. The largest absolute Gasteiger partial charge is 0.368 e. The summed E-state index contributed by atoms with van der Waals surface area (Å²) in [5, 5.41) is 5.80. The van der Waals surface area contributed by atoms with Crippen molar-refractivity contribution in [2.24, 2.45) is 0 Å². The number of carbonyl (C=O) groups is 1. The summed E-state index contributed by atoms with van der Waals surface area (Å²) in [4.78, 5) is 36.5. The maximum Gasteiger partial charge on any atom is 0.275 e. The van der Waals surface area contributed by atoms with E-state index in [-0.39, 0.29) is 29.4 Å². The molecule has 1 saturated heterocycles. The summed E-state index contributed by atoms with van der Waals surface area (Å²) in [7, 11) is 0. The van der Waals surface area contributed by atoms with Gasteiger partial charge in [0.05, 0.1) is 16.8 Å². The van der Waals surface area contributed by atoms with Gasteiger partial charge in [-0.2, -0.15) is 5.10 Å². The third-order valence-corrected chi connectivity index (χ3v) is 6.53. The highest BCUT2D eigenvalue weighted by Crippen LogP contribution is 2.44. The number of likely N-dealkylation sites (tertiary alicyclic amines) is 1. The highest BCUT2D eigenvalue weighted by atomic mass is 16.2. The van der Waals surface area contributed by atoms with Crippen molar-refractivity contribution < 1.29 is 4.79 Å². The first-order valence-corrected chi connectivity index (χ1v) is 10.3. The molecule has 5 rings (SSSR count). The summed E-state index contributed by atoms with van der Waals surface area (Å²) < 4.78 is 1.30. The van der Waals surface area contributed by atoms with Gasteiger partial charge in [-0.15, -0.1) is 0 Å². The van der Waals surface area contributed by atoms with Gasteiger partial charge in [0.15, 0.2) is 0 Å². The Balaban J connectivity index is 1.42. The minimum absolute atomic E-state index is 0.0562. The van der Waals surface area contributed by atoms with Crippen LogP contribution in [0.25, 0.3) is 10.8 Å². The third kappa shape index (κ3) is 2.94. The van der Waals surface area contributed by atoms with E-state index in [2.05, 4.69) is 15.1 Å². The summed E-state index contributed by atoms with van der Waals surface area (Å²) in [6, 6.07) is 7.37. The number of fused-ring (bicyclic) bond motifs is 3. The van der Waals surface area contributed by atoms with Crippen LogP contribution in [0.5, 0.6) is 0 Å². The van der Waals surface area contributed by atoms with Crippen molar-refractivity contribution in [2.45, 2.75) is 44.6 Å². The molecule has 1 atom stereocenters. The Morgan fingerprint density at radius 1 is 1.23 bits per heavy atom. The lowest BCUT2D eigenvalue weighted by Crippen LogP contribution is -2.49. The molecule has 0 saturated carbocycles. The summed E-state index contributed by atoms with van der Waals surface area (Å²) in [6.45, 7) is 3.08. The van der Waals surface area contributed by atoms with Gasteiger partial charge in [-0.1, -0.05) is 18.2 Å². The lowest BCUT2D eigenvalue weighted by Gasteiger charge is -2.40. The van der Waals surface area contributed by atoms with E-state index in [4.69, 9.17) is 5.73 Å². The van der Waals surface area contributed by atoms with Crippen LogP contribution >= 0.6 is 0 Å². The van der Waals surface area contributed by atoms with Crippen LogP contribution in [0.2, 0.25) is 0 Å². The first-order chi connectivity index (χ1) is 14.5. The average Bonchev–Trinajstić information content (AvgIpc) is 3.08. The number of anilines is 1. The standard InChI is InChI=1S/C22H24N6O2/c1-14-16-5-2-3-6-17(16)20(30)28(26-14)12-18(29)27-10-4-8-22(13-27)9-7-15-11-24-21(23)25-19(15)22/h2-3,5-6,11H,4,7-10,12-13H2,1H3,(H2,23,24,25). The van der Waals surface area contributed by atoms with E-state index in [0.29, 0.717) is 18.5 Å². The Bertz CT molecular complexity index is 1220. The number of aryl methyl sites for hydroxylation is 2. The second-order valence-electron chi connectivity index (χ2n) is 8.40. The molecule has 1 aliphatic heterocycles. The van der Waals surface area contributed by atoms with E-state index in [1.165, 1.54) is 4.68 Å². The number of amides is 1. The summed E-state index contributed by atoms with van der Waals surface area (Å²) in [6.07, 6.45) is 5.54. The van der Waals surface area contributed by atoms with Gasteiger partial charge < -0.3 is 10.6 Å². The van der Waals surface area contributed by atoms with Crippen molar-refractivity contribution in [1.29, 1.82) is 0 Å². The molecule has 3 aromatic rings. The van der Waals surface area contributed by atoms with Crippen molar-refractivity contribution in [2.75, 3.05) is 18.8 Å². The number of nitrogens with zero attached hydrogens (tertiary/aromatic N) is 5. The monoisotopic (exact) mass is 404 g/mol. The maximum atomic E-state index is 13.2. The predicted octanol–water partition coefficient (Wildman–Crippen LogP) is 1.58. The molecule has 1 aromatic carbocycles. The fourth-order valence-corrected chi connectivity index (χ4v) is 5.04. The molecule has 8 heteroatoms. The number of nitrogen functional groups attached to an aromatic ring is 1. The number of aromatic nitrogens is 4. The SMILES string of the molecule is Cc1nn(CC(=O)N2CCCC3(CCc4cnc(N)nc43)C2)c(=O)c2ccccc12. The molecule has 0 radical (unpaired) electrons. The van der Waals surface area contributed by atoms with Crippen molar-refractivity contribution in [3.8, 4) is 0 Å². The normalized spacial score (nSPS) is 20.6. The third-order valence-electron chi connectivity index (χ3n) is 6.53. The second-order valence-corrected chi connectivity index (χ2v) is 8.40. The molecule has 1 aliphatic carbocycles. The molecule has 1 unspecified atom stereocenters. The summed E-state index contributed by atoms with van der Waals surface area (Å²) in [5.74, 6) is 0.190. The Kier molecular flexibility index (Phi) is 4.30. The minimum atomic E-state index is -0.233. The summed E-state index contributed by atoms with van der Waals surface area (Å²) >= 11 is 0. The Labute approximate surface area is 173 Å². The van der Waals surface area contributed by atoms with Crippen LogP contribution in [-0.4, -0.2) is 43.6 Å². The number of benzene rings is 1. The van der Waals surface area contributed by atoms with Crippen LogP contribution in [0, 0.1) is 6.92 Å². The average molecular weight is 404 g/mol. The van der Waals surface area contributed by atoms with Gasteiger partial charge >= 0.3 is 0 Å². The van der Waals surface area contributed by atoms with Crippen LogP contribution in [0.4, 0.5) is 5.95 Å². The fourth-order valence-electron chi connectivity index (χ4n) is 5.04. The molecule has 2 aromatic heterocycles. The maximum absolute atomic E-state index is 13.2. The van der Waals surface area contributed by atoms with Crippen LogP contribution in [-0.2, 0) is 23.2 Å². The predicted molar refractivity (Wildman–Crippen MR) is 113 cm³/mol. The number of hydrogen-bond acceptors (Lipinski definition) is 6. The van der Waals surface area contributed by atoms with Gasteiger partial charge in [0, 0.05) is 30.1 Å². The smallest absolute Gasteiger partial charge is 0.275 e. The van der Waals surface area contributed by atoms with E-state index >= 15 is 0 Å². The van der Waals surface area contributed by atoms with Crippen molar-refractivity contribution >= 4 is 22.6 Å². The van der Waals surface area contributed by atoms with Gasteiger partial charge in [0.25, 0.3) is 5.56 Å². The fraction of sp³-hybridized carbons (Fsp3) is 0.409. The molecule has 1 fully saturated rings. The Morgan fingerprint density at radius 3 is 2.87 bits per heavy atom. The van der Waals surface area contributed by atoms with Crippen LogP contribution in [0.15, 0.2) is 35.3 Å². The molecule has 1 spiro atoms. The molecule has 30 heavy (non-hydrogen) atoms. The zero-order valence-electron chi connectivity index (χ0n) is 17.0. The van der Waals surface area contributed by atoms with E-state index in [1.54, 1.807) is 6.07 Å². The Morgan fingerprint density at radius 2 is 2.03 bits per heavy atom. The minimum Gasteiger partial charge on any atom is -0.368 e. The van der Waals surface area contributed by atoms with E-state index in [0.717, 1.165) is 48.0 Å². The van der Waals surface area contributed by atoms with Crippen LogP contribution < -0.4 is 11.3 Å². The van der Waals surface area contributed by atoms with Crippen LogP contribution in [0.1, 0.15) is 36.2 Å². The van der Waals surface area contributed by atoms with Gasteiger partial charge in [0.2, 0.25) is 11.9 Å². The quantitative estimate of drug-likeness (QED) is 0.695. The van der Waals surface area contributed by atoms with Crippen molar-refractivity contribution in [1.82, 2.24) is 24.6 Å². The highest BCUT2D eigenvalue weighted by molar-refractivity contribution is 5.83. The van der Waals surface area contributed by atoms with E-state index in [1.807, 2.05) is 36.2 Å². The van der Waals surface area contributed by atoms with E-state index < -0.39 is 0 Å². The van der Waals surface area contributed by atoms with Gasteiger partial charge in [-0.3, -0.25) is 9.59 Å². The number of hydrogen-bond donors (Lipinski definition) is 1. The van der Waals surface area contributed by atoms with Gasteiger partial charge in [-0.25, -0.2) is 14.6 Å². The molecule has 154 valence electrons. The zero-order chi connectivity index (χ0) is 20.9. The van der Waals surface area contributed by atoms with Crippen molar-refractivity contribution in [3.63, 3.8) is 0 Å². The number of nitrogens with two attached hydrogens (primary N) is 1. The zero-order valence-corrected chi connectivity index (χ0v) is 17.0. The Hall–Kier alpha value is -3.29. The van der Waals surface area contributed by atoms with Gasteiger partial charge in [0.1, 0.15) is 6.54 Å². The first kappa shape index (κ1) is 18.7. The molecule has 2 N–H and O–H groups in total. The van der Waals surface area contributed by atoms with Gasteiger partial charge in [-0.05, 0) is 44.2 Å². The first-order valence-electron chi connectivity index (χ1n) is 10.3. The molecule has 0 bridgehead atoms. The van der Waals surface area contributed by atoms with Crippen molar-refractivity contribution in [3.05, 3.63) is 57.8 Å². The lowest BCUT2D eigenvalue weighted by atomic mass is 9.77. The van der Waals surface area contributed by atoms with Crippen LogP contribution in [0.3, 0.4) is 0 Å². The second kappa shape index (κ2) is 6.90. The number of rotatable bonds is 2. The molecule has 3 heterocycles. The molecular weight excluding hydrogens is 380 g/mol. The molecule has 2 aliphatic rings. The van der Waals surface area contributed by atoms with E-state index in [9.17, 15) is 9.59 Å².